The van der Waals surface area contributed by atoms with Crippen molar-refractivity contribution in [2.75, 3.05) is 6.61 Å². The van der Waals surface area contributed by atoms with E-state index in [0.717, 1.165) is 29.4 Å². The minimum Gasteiger partial charge on any atom is -0.494 e. The first-order valence-corrected chi connectivity index (χ1v) is 12.7. The van der Waals surface area contributed by atoms with Gasteiger partial charge in [-0.3, -0.25) is 0 Å². The number of hydrogen-bond acceptors (Lipinski definition) is 3. The zero-order valence-corrected chi connectivity index (χ0v) is 21.0. The van der Waals surface area contributed by atoms with Crippen LogP contribution in [0, 0.1) is 0 Å². The molecule has 1 atom stereocenters. The van der Waals surface area contributed by atoms with E-state index in [1.807, 2.05) is 24.3 Å². The molecular formula is C31H33F3O3. The molecule has 196 valence electrons. The number of alkyl halides is 3. The molecule has 0 aliphatic rings. The highest BCUT2D eigenvalue weighted by atomic mass is 19.4. The maximum absolute atomic E-state index is 13.4. The van der Waals surface area contributed by atoms with Crippen LogP contribution in [-0.4, -0.2) is 24.9 Å². The first kappa shape index (κ1) is 28.0. The highest BCUT2D eigenvalue weighted by Gasteiger charge is 2.41. The van der Waals surface area contributed by atoms with Gasteiger partial charge in [0.15, 0.2) is 0 Å². The molecule has 0 fully saturated rings. The van der Waals surface area contributed by atoms with Crippen molar-refractivity contribution in [1.29, 1.82) is 0 Å². The van der Waals surface area contributed by atoms with Gasteiger partial charge in [0.05, 0.1) is 12.2 Å². The molecule has 0 aromatic heterocycles. The molecule has 37 heavy (non-hydrogen) atoms. The van der Waals surface area contributed by atoms with E-state index in [4.69, 9.17) is 9.47 Å². The van der Waals surface area contributed by atoms with E-state index in [2.05, 4.69) is 6.92 Å². The van der Waals surface area contributed by atoms with Crippen LogP contribution in [0.5, 0.6) is 5.75 Å². The van der Waals surface area contributed by atoms with Gasteiger partial charge in [0.1, 0.15) is 5.75 Å². The van der Waals surface area contributed by atoms with Crippen molar-refractivity contribution in [3.63, 3.8) is 0 Å². The lowest BCUT2D eigenvalue weighted by Crippen LogP contribution is -2.32. The molecular weight excluding hydrogens is 477 g/mol. The van der Waals surface area contributed by atoms with E-state index in [0.29, 0.717) is 12.2 Å². The van der Waals surface area contributed by atoms with Crippen LogP contribution < -0.4 is 4.74 Å². The average molecular weight is 511 g/mol. The Morgan fingerprint density at radius 3 is 2.03 bits per heavy atom. The van der Waals surface area contributed by atoms with Crippen LogP contribution in [-0.2, 0) is 4.74 Å². The second-order valence-electron chi connectivity index (χ2n) is 8.86. The quantitative estimate of drug-likeness (QED) is 0.170. The zero-order valence-electron chi connectivity index (χ0n) is 21.0. The summed E-state index contributed by atoms with van der Waals surface area (Å²) < 4.78 is 50.9. The standard InChI is InChI=1S/C31H33F3O3/c1-2-3-4-5-6-10-23-36-28-20-18-26(19-21-28)25-14-16-27(17-15-25)30(35)37-29(31(32,33)34)22-13-24-11-8-7-9-12-24/h7-9,11-22,29H,2-6,10,23H2,1H3/b22-13+. The Labute approximate surface area is 216 Å². The van der Waals surface area contributed by atoms with Crippen LogP contribution in [0.15, 0.2) is 84.9 Å². The van der Waals surface area contributed by atoms with Gasteiger partial charge in [-0.25, -0.2) is 4.79 Å². The average Bonchev–Trinajstić information content (AvgIpc) is 2.91. The van der Waals surface area contributed by atoms with Crippen molar-refractivity contribution in [1.82, 2.24) is 0 Å². The maximum Gasteiger partial charge on any atom is 0.429 e. The first-order chi connectivity index (χ1) is 17.9. The van der Waals surface area contributed by atoms with Gasteiger partial charge in [0.25, 0.3) is 0 Å². The lowest BCUT2D eigenvalue weighted by atomic mass is 10.0. The van der Waals surface area contributed by atoms with Gasteiger partial charge in [0.2, 0.25) is 6.10 Å². The molecule has 0 N–H and O–H groups in total. The molecule has 0 bridgehead atoms. The molecule has 0 aliphatic carbocycles. The van der Waals surface area contributed by atoms with Gasteiger partial charge < -0.3 is 9.47 Å². The van der Waals surface area contributed by atoms with Crippen molar-refractivity contribution >= 4 is 12.0 Å². The van der Waals surface area contributed by atoms with Gasteiger partial charge >= 0.3 is 12.1 Å². The monoisotopic (exact) mass is 510 g/mol. The van der Waals surface area contributed by atoms with E-state index in [9.17, 15) is 18.0 Å². The number of rotatable bonds is 13. The fourth-order valence-electron chi connectivity index (χ4n) is 3.78. The van der Waals surface area contributed by atoms with E-state index in [-0.39, 0.29) is 5.56 Å². The molecule has 3 rings (SSSR count). The molecule has 0 saturated carbocycles. The van der Waals surface area contributed by atoms with Crippen molar-refractivity contribution in [2.45, 2.75) is 57.7 Å². The van der Waals surface area contributed by atoms with Crippen LogP contribution in [0.25, 0.3) is 17.2 Å². The Balaban J connectivity index is 1.54. The number of halogens is 3. The summed E-state index contributed by atoms with van der Waals surface area (Å²) in [7, 11) is 0. The Kier molecular flexibility index (Phi) is 10.8. The number of ether oxygens (including phenoxy) is 2. The molecule has 0 aliphatic heterocycles. The number of benzene rings is 3. The fraction of sp³-hybridized carbons (Fsp3) is 0.323. The van der Waals surface area contributed by atoms with E-state index in [1.165, 1.54) is 50.3 Å². The number of carbonyl (C=O) groups excluding carboxylic acids is 1. The van der Waals surface area contributed by atoms with E-state index in [1.54, 1.807) is 42.5 Å². The molecule has 3 aromatic carbocycles. The van der Waals surface area contributed by atoms with Crippen LogP contribution >= 0.6 is 0 Å². The molecule has 3 aromatic rings. The summed E-state index contributed by atoms with van der Waals surface area (Å²) in [5, 5.41) is 0. The molecule has 0 saturated heterocycles. The molecule has 6 heteroatoms. The van der Waals surface area contributed by atoms with Crippen LogP contribution in [0.1, 0.15) is 61.4 Å². The second kappa shape index (κ2) is 14.3. The largest absolute Gasteiger partial charge is 0.494 e. The number of unbranched alkanes of at least 4 members (excludes halogenated alkanes) is 5. The van der Waals surface area contributed by atoms with Crippen LogP contribution in [0.4, 0.5) is 13.2 Å². The molecule has 0 radical (unpaired) electrons. The number of esters is 1. The van der Waals surface area contributed by atoms with Gasteiger partial charge in [-0.15, -0.1) is 0 Å². The van der Waals surface area contributed by atoms with Crippen molar-refractivity contribution in [3.8, 4) is 16.9 Å². The second-order valence-corrected chi connectivity index (χ2v) is 8.86. The molecule has 0 heterocycles. The lowest BCUT2D eigenvalue weighted by Gasteiger charge is -2.17. The summed E-state index contributed by atoms with van der Waals surface area (Å²) in [6, 6.07) is 22.4. The minimum absolute atomic E-state index is 0.0463. The van der Waals surface area contributed by atoms with E-state index >= 15 is 0 Å². The van der Waals surface area contributed by atoms with Gasteiger partial charge in [-0.1, -0.05) is 99.7 Å². The van der Waals surface area contributed by atoms with Gasteiger partial charge in [-0.05, 0) is 53.5 Å². The smallest absolute Gasteiger partial charge is 0.429 e. The highest BCUT2D eigenvalue weighted by molar-refractivity contribution is 5.90. The van der Waals surface area contributed by atoms with Gasteiger partial charge in [0, 0.05) is 0 Å². The van der Waals surface area contributed by atoms with Crippen LogP contribution in [0.2, 0.25) is 0 Å². The Bertz CT molecular complexity index is 1110. The van der Waals surface area contributed by atoms with E-state index < -0.39 is 18.2 Å². The number of carbonyl (C=O) groups is 1. The highest BCUT2D eigenvalue weighted by Crippen LogP contribution is 2.27. The lowest BCUT2D eigenvalue weighted by molar-refractivity contribution is -0.188. The zero-order chi connectivity index (χ0) is 26.5. The number of hydrogen-bond donors (Lipinski definition) is 0. The summed E-state index contributed by atoms with van der Waals surface area (Å²) in [5.74, 6) is -0.246. The molecule has 0 spiro atoms. The van der Waals surface area contributed by atoms with Crippen molar-refractivity contribution in [2.24, 2.45) is 0 Å². The first-order valence-electron chi connectivity index (χ1n) is 12.7. The Hall–Kier alpha value is -3.54. The summed E-state index contributed by atoms with van der Waals surface area (Å²) >= 11 is 0. The minimum atomic E-state index is -4.72. The SMILES string of the molecule is CCCCCCCCOc1ccc(-c2ccc(C(=O)OC(/C=C/c3ccccc3)C(F)(F)F)cc2)cc1. The summed E-state index contributed by atoms with van der Waals surface area (Å²) in [6.07, 6.45) is 2.29. The summed E-state index contributed by atoms with van der Waals surface area (Å²) in [4.78, 5) is 12.4. The topological polar surface area (TPSA) is 35.5 Å². The third kappa shape index (κ3) is 9.45. The normalized spacial score (nSPS) is 12.4. The third-order valence-electron chi connectivity index (χ3n) is 5.89. The van der Waals surface area contributed by atoms with Gasteiger partial charge in [-0.2, -0.15) is 13.2 Å². The summed E-state index contributed by atoms with van der Waals surface area (Å²) in [5.41, 5.74) is 2.36. The predicted octanol–water partition coefficient (Wildman–Crippen LogP) is 8.89. The third-order valence-corrected chi connectivity index (χ3v) is 5.89. The maximum atomic E-state index is 13.4. The fourth-order valence-corrected chi connectivity index (χ4v) is 3.78. The summed E-state index contributed by atoms with van der Waals surface area (Å²) in [6.45, 7) is 2.89. The molecule has 0 amide bonds. The molecule has 3 nitrogen and oxygen atoms in total. The molecule has 1 unspecified atom stereocenters. The Morgan fingerprint density at radius 1 is 0.811 bits per heavy atom. The predicted molar refractivity (Wildman–Crippen MR) is 141 cm³/mol. The van der Waals surface area contributed by atoms with Crippen LogP contribution in [0.3, 0.4) is 0 Å². The Morgan fingerprint density at radius 2 is 1.41 bits per heavy atom. The van der Waals surface area contributed by atoms with Crippen molar-refractivity contribution < 1.29 is 27.4 Å². The van der Waals surface area contributed by atoms with Crippen molar-refractivity contribution in [3.05, 3.63) is 96.1 Å².